The molecule has 0 aliphatic heterocycles. The number of pyridine rings is 1. The molecule has 11 heteroatoms. The summed E-state index contributed by atoms with van der Waals surface area (Å²) in [7, 11) is -3.99. The van der Waals surface area contributed by atoms with Crippen LogP contribution in [0, 0.1) is 12.7 Å². The fraction of sp³-hybridized carbons (Fsp3) is 0.118. The second-order valence-corrected chi connectivity index (χ2v) is 8.66. The molecule has 0 aliphatic carbocycles. The predicted octanol–water partition coefficient (Wildman–Crippen LogP) is 4.07. The molecular weight excluding hydrogens is 427 g/mol. The van der Waals surface area contributed by atoms with Crippen molar-refractivity contribution >= 4 is 49.7 Å². The zero-order valence-corrected chi connectivity index (χ0v) is 17.0. The Balaban J connectivity index is 1.84. The van der Waals surface area contributed by atoms with E-state index in [1.54, 1.807) is 18.4 Å². The number of anilines is 2. The van der Waals surface area contributed by atoms with Gasteiger partial charge in [0.2, 0.25) is 5.91 Å². The summed E-state index contributed by atoms with van der Waals surface area (Å²) in [6, 6.07) is 5.72. The van der Waals surface area contributed by atoms with Gasteiger partial charge in [-0.15, -0.1) is 11.3 Å². The van der Waals surface area contributed by atoms with Gasteiger partial charge < -0.3 is 5.32 Å². The number of benzene rings is 1. The number of thiazole rings is 1. The summed E-state index contributed by atoms with van der Waals surface area (Å²) in [6.45, 7) is 2.91. The van der Waals surface area contributed by atoms with Crippen LogP contribution < -0.4 is 10.0 Å². The number of aryl methyl sites for hydroxylation is 1. The van der Waals surface area contributed by atoms with Gasteiger partial charge in [-0.3, -0.25) is 9.52 Å². The number of carbonyl (C=O) groups excluding carboxylic acids is 1. The zero-order chi connectivity index (χ0) is 20.5. The van der Waals surface area contributed by atoms with E-state index in [1.807, 2.05) is 0 Å². The highest BCUT2D eigenvalue weighted by Gasteiger charge is 2.21. The van der Waals surface area contributed by atoms with Gasteiger partial charge >= 0.3 is 0 Å². The number of nitrogens with one attached hydrogen (secondary N) is 2. The number of rotatable bonds is 5. The van der Waals surface area contributed by atoms with Crippen molar-refractivity contribution in [3.05, 3.63) is 52.2 Å². The highest BCUT2D eigenvalue weighted by molar-refractivity contribution is 7.92. The predicted molar refractivity (Wildman–Crippen MR) is 107 cm³/mol. The lowest BCUT2D eigenvalue weighted by Gasteiger charge is -2.09. The molecular formula is C17H14ClFN4O3S2. The summed E-state index contributed by atoms with van der Waals surface area (Å²) in [5.41, 5.74) is 1.63. The van der Waals surface area contributed by atoms with E-state index in [0.717, 1.165) is 11.3 Å². The Hall–Kier alpha value is -2.56. The average molecular weight is 441 g/mol. The first-order valence-electron chi connectivity index (χ1n) is 7.84. The lowest BCUT2D eigenvalue weighted by atomic mass is 10.2. The lowest BCUT2D eigenvalue weighted by Crippen LogP contribution is -2.16. The Kier molecular flexibility index (Phi) is 5.64. The number of sulfonamides is 1. The molecule has 2 N–H and O–H groups in total. The summed E-state index contributed by atoms with van der Waals surface area (Å²) in [5.74, 6) is -0.878. The van der Waals surface area contributed by atoms with Gasteiger partial charge in [-0.25, -0.2) is 14.4 Å². The van der Waals surface area contributed by atoms with E-state index >= 15 is 0 Å². The van der Waals surface area contributed by atoms with E-state index in [2.05, 4.69) is 20.0 Å². The molecule has 0 unspecified atom stereocenters. The van der Waals surface area contributed by atoms with Crippen LogP contribution in [0.25, 0.3) is 11.3 Å². The third-order valence-corrected chi connectivity index (χ3v) is 6.14. The molecule has 1 amide bonds. The number of amides is 1. The first kappa shape index (κ1) is 20.2. The first-order valence-corrected chi connectivity index (χ1v) is 10.6. The number of nitrogens with zero attached hydrogens (tertiary/aromatic N) is 2. The molecule has 0 fully saturated rings. The Morgan fingerprint density at radius 1 is 1.29 bits per heavy atom. The fourth-order valence-electron chi connectivity index (χ4n) is 2.39. The van der Waals surface area contributed by atoms with Gasteiger partial charge in [0, 0.05) is 17.9 Å². The van der Waals surface area contributed by atoms with E-state index in [9.17, 15) is 17.6 Å². The molecule has 0 radical (unpaired) electrons. The van der Waals surface area contributed by atoms with Gasteiger partial charge in [0.15, 0.2) is 10.2 Å². The summed E-state index contributed by atoms with van der Waals surface area (Å²) >= 11 is 6.72. The Labute approximate surface area is 169 Å². The second-order valence-electron chi connectivity index (χ2n) is 5.80. The molecule has 1 aromatic carbocycles. The maximum atomic E-state index is 13.6. The monoisotopic (exact) mass is 440 g/mol. The highest BCUT2D eigenvalue weighted by Crippen LogP contribution is 2.29. The van der Waals surface area contributed by atoms with E-state index < -0.39 is 15.8 Å². The van der Waals surface area contributed by atoms with Crippen LogP contribution in [0.1, 0.15) is 12.5 Å². The van der Waals surface area contributed by atoms with Gasteiger partial charge in [-0.2, -0.15) is 8.42 Å². The molecule has 0 spiro atoms. The van der Waals surface area contributed by atoms with Gasteiger partial charge in [0.05, 0.1) is 22.6 Å². The van der Waals surface area contributed by atoms with Crippen LogP contribution in [0.4, 0.5) is 15.2 Å². The molecule has 28 heavy (non-hydrogen) atoms. The maximum Gasteiger partial charge on any atom is 0.281 e. The van der Waals surface area contributed by atoms with Crippen molar-refractivity contribution in [2.24, 2.45) is 0 Å². The molecule has 2 aromatic heterocycles. The van der Waals surface area contributed by atoms with Crippen molar-refractivity contribution in [3.8, 4) is 11.3 Å². The topological polar surface area (TPSA) is 101 Å². The molecule has 0 atom stereocenters. The third-order valence-electron chi connectivity index (χ3n) is 3.55. The SMILES string of the molecule is CC(=O)Nc1cnc(S(=O)(=O)Nc2nc(-c3ccc(Cl)c(F)c3)cs2)c(C)c1. The van der Waals surface area contributed by atoms with Crippen molar-refractivity contribution in [2.45, 2.75) is 18.9 Å². The molecule has 146 valence electrons. The molecule has 0 aliphatic rings. The quantitative estimate of drug-likeness (QED) is 0.622. The van der Waals surface area contributed by atoms with Gasteiger partial charge in [-0.05, 0) is 30.7 Å². The van der Waals surface area contributed by atoms with Crippen molar-refractivity contribution in [2.75, 3.05) is 10.0 Å². The summed E-state index contributed by atoms with van der Waals surface area (Å²) < 4.78 is 41.2. The summed E-state index contributed by atoms with van der Waals surface area (Å²) in [6.07, 6.45) is 1.26. The van der Waals surface area contributed by atoms with Crippen LogP contribution in [0.3, 0.4) is 0 Å². The van der Waals surface area contributed by atoms with Crippen LogP contribution >= 0.6 is 22.9 Å². The highest BCUT2D eigenvalue weighted by atomic mass is 35.5. The Morgan fingerprint density at radius 2 is 2.04 bits per heavy atom. The van der Waals surface area contributed by atoms with E-state index in [4.69, 9.17) is 11.6 Å². The smallest absolute Gasteiger partial charge is 0.281 e. The first-order chi connectivity index (χ1) is 13.2. The van der Waals surface area contributed by atoms with E-state index in [0.29, 0.717) is 22.5 Å². The van der Waals surface area contributed by atoms with Gasteiger partial charge in [0.1, 0.15) is 5.82 Å². The minimum absolute atomic E-state index is 0.0100. The molecule has 7 nitrogen and oxygen atoms in total. The van der Waals surface area contributed by atoms with Crippen molar-refractivity contribution in [1.29, 1.82) is 0 Å². The lowest BCUT2D eigenvalue weighted by molar-refractivity contribution is -0.114. The summed E-state index contributed by atoms with van der Waals surface area (Å²) in [5, 5.41) is 4.05. The van der Waals surface area contributed by atoms with Crippen LogP contribution in [-0.4, -0.2) is 24.3 Å². The molecule has 3 rings (SSSR count). The number of hydrogen-bond acceptors (Lipinski definition) is 6. The Bertz CT molecular complexity index is 1160. The third kappa shape index (κ3) is 4.46. The molecule has 0 saturated carbocycles. The molecule has 0 bridgehead atoms. The van der Waals surface area contributed by atoms with Crippen LogP contribution in [0.2, 0.25) is 5.02 Å². The average Bonchev–Trinajstić information content (AvgIpc) is 3.04. The number of aromatic nitrogens is 2. The maximum absolute atomic E-state index is 13.6. The van der Waals surface area contributed by atoms with E-state index in [1.165, 1.54) is 31.3 Å². The van der Waals surface area contributed by atoms with Crippen molar-refractivity contribution in [1.82, 2.24) is 9.97 Å². The summed E-state index contributed by atoms with van der Waals surface area (Å²) in [4.78, 5) is 19.2. The van der Waals surface area contributed by atoms with Crippen LogP contribution in [-0.2, 0) is 14.8 Å². The second kappa shape index (κ2) is 7.82. The number of carbonyl (C=O) groups is 1. The minimum atomic E-state index is -3.99. The van der Waals surface area contributed by atoms with Crippen molar-refractivity contribution < 1.29 is 17.6 Å². The Morgan fingerprint density at radius 3 is 2.68 bits per heavy atom. The van der Waals surface area contributed by atoms with Crippen LogP contribution in [0.5, 0.6) is 0 Å². The van der Waals surface area contributed by atoms with E-state index in [-0.39, 0.29) is 21.1 Å². The van der Waals surface area contributed by atoms with Crippen LogP contribution in [0.15, 0.2) is 40.9 Å². The fourth-order valence-corrected chi connectivity index (χ4v) is 4.64. The van der Waals surface area contributed by atoms with Gasteiger partial charge in [-0.1, -0.05) is 17.7 Å². The zero-order valence-electron chi connectivity index (χ0n) is 14.7. The standard InChI is InChI=1S/C17H14ClFN4O3S2/c1-9-5-12(21-10(2)24)7-20-16(9)28(25,26)23-17-22-15(8-27-17)11-3-4-13(18)14(19)6-11/h3-8H,1-2H3,(H,21,24)(H,22,23). The normalized spacial score (nSPS) is 11.3. The molecule has 0 saturated heterocycles. The largest absolute Gasteiger partial charge is 0.325 e. The minimum Gasteiger partial charge on any atom is -0.325 e. The van der Waals surface area contributed by atoms with Gasteiger partial charge in [0.25, 0.3) is 10.0 Å². The molecule has 3 aromatic rings. The number of hydrogen-bond donors (Lipinski definition) is 2. The number of halogens is 2. The van der Waals surface area contributed by atoms with Crippen molar-refractivity contribution in [3.63, 3.8) is 0 Å². The molecule has 2 heterocycles.